The van der Waals surface area contributed by atoms with Crippen LogP contribution in [0.4, 0.5) is 0 Å². The lowest BCUT2D eigenvalue weighted by atomic mass is 9.82. The van der Waals surface area contributed by atoms with Crippen LogP contribution in [0.2, 0.25) is 0 Å². The number of aromatic nitrogens is 2. The Hall–Kier alpha value is -5.34. The standard InChI is InChI=1S/C41H30N2/c1-41(2)36-14-8-6-12-32(36)33-19-18-31(26-37(33)41)43-39-15-9-7-13-34(39)35-25-28(17-21-40(35)43)27-16-20-38-29(24-27)22-23-42(38)30-10-4-3-5-11-30/h3-26H,1-2H3. The highest BCUT2D eigenvalue weighted by Crippen LogP contribution is 2.49. The molecule has 0 fully saturated rings. The van der Waals surface area contributed by atoms with Crippen LogP contribution in [0.1, 0.15) is 25.0 Å². The maximum absolute atomic E-state index is 2.44. The van der Waals surface area contributed by atoms with Crippen LogP contribution in [0.25, 0.3) is 66.3 Å². The predicted molar refractivity (Wildman–Crippen MR) is 181 cm³/mol. The van der Waals surface area contributed by atoms with Crippen molar-refractivity contribution in [2.75, 3.05) is 0 Å². The second kappa shape index (κ2) is 8.83. The van der Waals surface area contributed by atoms with E-state index in [4.69, 9.17) is 0 Å². The Labute approximate surface area is 251 Å². The molecule has 2 aromatic heterocycles. The van der Waals surface area contributed by atoms with Gasteiger partial charge >= 0.3 is 0 Å². The maximum Gasteiger partial charge on any atom is 0.0541 e. The van der Waals surface area contributed by atoms with E-state index in [-0.39, 0.29) is 5.41 Å². The Morgan fingerprint density at radius 2 is 1.16 bits per heavy atom. The van der Waals surface area contributed by atoms with Crippen LogP contribution in [-0.4, -0.2) is 9.13 Å². The molecule has 0 N–H and O–H groups in total. The van der Waals surface area contributed by atoms with Crippen LogP contribution >= 0.6 is 0 Å². The van der Waals surface area contributed by atoms with Gasteiger partial charge < -0.3 is 9.13 Å². The first kappa shape index (κ1) is 24.3. The number of para-hydroxylation sites is 2. The first-order valence-electron chi connectivity index (χ1n) is 15.0. The van der Waals surface area contributed by atoms with E-state index in [0.717, 1.165) is 0 Å². The third kappa shape index (κ3) is 3.47. The van der Waals surface area contributed by atoms with Gasteiger partial charge in [0.25, 0.3) is 0 Å². The van der Waals surface area contributed by atoms with Gasteiger partial charge in [0.15, 0.2) is 0 Å². The van der Waals surface area contributed by atoms with E-state index in [0.29, 0.717) is 0 Å². The summed E-state index contributed by atoms with van der Waals surface area (Å²) in [6.45, 7) is 4.70. The van der Waals surface area contributed by atoms with Crippen molar-refractivity contribution in [2.45, 2.75) is 19.3 Å². The molecule has 1 aliphatic rings. The van der Waals surface area contributed by atoms with E-state index < -0.39 is 0 Å². The fraction of sp³-hybridized carbons (Fsp3) is 0.0732. The number of nitrogens with zero attached hydrogens (tertiary/aromatic N) is 2. The van der Waals surface area contributed by atoms with Crippen molar-refractivity contribution in [2.24, 2.45) is 0 Å². The molecule has 2 heterocycles. The van der Waals surface area contributed by atoms with Crippen LogP contribution in [0, 0.1) is 0 Å². The summed E-state index contributed by atoms with van der Waals surface area (Å²) >= 11 is 0. The Bertz CT molecular complexity index is 2370. The van der Waals surface area contributed by atoms with E-state index in [9.17, 15) is 0 Å². The molecule has 204 valence electrons. The summed E-state index contributed by atoms with van der Waals surface area (Å²) in [5, 5.41) is 3.79. The highest BCUT2D eigenvalue weighted by atomic mass is 15.0. The van der Waals surface area contributed by atoms with Crippen molar-refractivity contribution >= 4 is 32.7 Å². The zero-order valence-corrected chi connectivity index (χ0v) is 24.3. The minimum absolute atomic E-state index is 0.0357. The fourth-order valence-corrected chi connectivity index (χ4v) is 7.40. The number of benzene rings is 6. The Morgan fingerprint density at radius 3 is 2.05 bits per heavy atom. The topological polar surface area (TPSA) is 9.86 Å². The van der Waals surface area contributed by atoms with E-state index in [1.807, 2.05) is 0 Å². The predicted octanol–water partition coefficient (Wildman–Crippen LogP) is 10.7. The SMILES string of the molecule is CC1(C)c2ccccc2-c2ccc(-n3c4ccccc4c4cc(-c5ccc6c(ccn6-c6ccccc6)c5)ccc43)cc21. The van der Waals surface area contributed by atoms with Crippen LogP contribution in [0.3, 0.4) is 0 Å². The summed E-state index contributed by atoms with van der Waals surface area (Å²) < 4.78 is 4.70. The van der Waals surface area contributed by atoms with Crippen molar-refractivity contribution in [3.63, 3.8) is 0 Å². The van der Waals surface area contributed by atoms with Gasteiger partial charge in [0, 0.05) is 39.1 Å². The van der Waals surface area contributed by atoms with Gasteiger partial charge in [-0.25, -0.2) is 0 Å². The fourth-order valence-electron chi connectivity index (χ4n) is 7.40. The molecule has 8 aromatic rings. The summed E-state index contributed by atoms with van der Waals surface area (Å²) in [6.07, 6.45) is 2.16. The lowest BCUT2D eigenvalue weighted by Crippen LogP contribution is -2.15. The second-order valence-corrected chi connectivity index (χ2v) is 12.3. The minimum atomic E-state index is -0.0357. The third-order valence-corrected chi connectivity index (χ3v) is 9.56. The zero-order chi connectivity index (χ0) is 28.7. The molecule has 1 aliphatic carbocycles. The highest BCUT2D eigenvalue weighted by molar-refractivity contribution is 6.10. The van der Waals surface area contributed by atoms with Crippen LogP contribution in [0.15, 0.2) is 146 Å². The molecule has 0 radical (unpaired) electrons. The van der Waals surface area contributed by atoms with Gasteiger partial charge in [0.2, 0.25) is 0 Å². The van der Waals surface area contributed by atoms with E-state index >= 15 is 0 Å². The lowest BCUT2D eigenvalue weighted by Gasteiger charge is -2.22. The number of hydrogen-bond acceptors (Lipinski definition) is 0. The number of rotatable bonds is 3. The summed E-state index contributed by atoms with van der Waals surface area (Å²) in [5.41, 5.74) is 14.0. The van der Waals surface area contributed by atoms with Crippen LogP contribution in [-0.2, 0) is 5.41 Å². The van der Waals surface area contributed by atoms with Crippen molar-refractivity contribution in [1.29, 1.82) is 0 Å². The van der Waals surface area contributed by atoms with E-state index in [1.165, 1.54) is 77.5 Å². The van der Waals surface area contributed by atoms with Crippen molar-refractivity contribution in [1.82, 2.24) is 9.13 Å². The average molecular weight is 551 g/mol. The summed E-state index contributed by atoms with van der Waals surface area (Å²) in [4.78, 5) is 0. The Morgan fingerprint density at radius 1 is 0.465 bits per heavy atom. The molecular weight excluding hydrogens is 520 g/mol. The number of hydrogen-bond donors (Lipinski definition) is 0. The van der Waals surface area contributed by atoms with Gasteiger partial charge in [-0.15, -0.1) is 0 Å². The highest BCUT2D eigenvalue weighted by Gasteiger charge is 2.35. The smallest absolute Gasteiger partial charge is 0.0541 e. The molecule has 9 rings (SSSR count). The van der Waals surface area contributed by atoms with Gasteiger partial charge in [-0.1, -0.05) is 92.7 Å². The molecule has 0 saturated heterocycles. The first-order chi connectivity index (χ1) is 21.1. The van der Waals surface area contributed by atoms with Gasteiger partial charge in [0.1, 0.15) is 0 Å². The van der Waals surface area contributed by atoms with Gasteiger partial charge in [0.05, 0.1) is 16.6 Å². The normalized spacial score (nSPS) is 13.5. The van der Waals surface area contributed by atoms with Gasteiger partial charge in [-0.3, -0.25) is 0 Å². The summed E-state index contributed by atoms with van der Waals surface area (Å²) in [7, 11) is 0. The molecule has 6 aromatic carbocycles. The molecule has 0 saturated carbocycles. The largest absolute Gasteiger partial charge is 0.317 e. The molecule has 0 amide bonds. The summed E-state index contributed by atoms with van der Waals surface area (Å²) in [5.74, 6) is 0. The second-order valence-electron chi connectivity index (χ2n) is 12.3. The van der Waals surface area contributed by atoms with E-state index in [1.54, 1.807) is 0 Å². The third-order valence-electron chi connectivity index (χ3n) is 9.56. The summed E-state index contributed by atoms with van der Waals surface area (Å²) in [6, 6.07) is 51.2. The van der Waals surface area contributed by atoms with Gasteiger partial charge in [-0.05, 0) is 94.0 Å². The molecule has 0 atom stereocenters. The van der Waals surface area contributed by atoms with Crippen molar-refractivity contribution in [3.05, 3.63) is 157 Å². The maximum atomic E-state index is 2.44. The first-order valence-corrected chi connectivity index (χ1v) is 15.0. The van der Waals surface area contributed by atoms with Crippen molar-refractivity contribution < 1.29 is 0 Å². The Balaban J connectivity index is 1.19. The molecule has 43 heavy (non-hydrogen) atoms. The van der Waals surface area contributed by atoms with Gasteiger partial charge in [-0.2, -0.15) is 0 Å². The molecular formula is C41H30N2. The lowest BCUT2D eigenvalue weighted by molar-refractivity contribution is 0.660. The number of fused-ring (bicyclic) bond motifs is 7. The quantitative estimate of drug-likeness (QED) is 0.207. The molecule has 0 bridgehead atoms. The molecule has 2 heteroatoms. The molecule has 0 spiro atoms. The van der Waals surface area contributed by atoms with Crippen LogP contribution < -0.4 is 0 Å². The molecule has 2 nitrogen and oxygen atoms in total. The zero-order valence-electron chi connectivity index (χ0n) is 24.3. The average Bonchev–Trinajstić information content (AvgIpc) is 3.70. The molecule has 0 unspecified atom stereocenters. The Kier molecular flexibility index (Phi) is 4.99. The monoisotopic (exact) mass is 550 g/mol. The minimum Gasteiger partial charge on any atom is -0.317 e. The van der Waals surface area contributed by atoms with E-state index in [2.05, 4.69) is 169 Å². The van der Waals surface area contributed by atoms with Crippen molar-refractivity contribution in [3.8, 4) is 33.6 Å². The van der Waals surface area contributed by atoms with Crippen LogP contribution in [0.5, 0.6) is 0 Å². The molecule has 0 aliphatic heterocycles.